The highest BCUT2D eigenvalue weighted by molar-refractivity contribution is 5.94. The Kier molecular flexibility index (Phi) is 3.94. The Hall–Kier alpha value is -1.69. The Morgan fingerprint density at radius 2 is 1.75 bits per heavy atom. The third-order valence-electron chi connectivity index (χ3n) is 3.84. The number of anilines is 1. The number of hydrogen-bond donors (Lipinski definition) is 2. The lowest BCUT2D eigenvalue weighted by Crippen LogP contribution is -2.41. The first-order valence-electron chi connectivity index (χ1n) is 6.59. The van der Waals surface area contributed by atoms with E-state index in [1.807, 2.05) is 5.43 Å². The molecule has 0 aliphatic carbocycles. The van der Waals surface area contributed by atoms with Crippen molar-refractivity contribution in [2.45, 2.75) is 26.7 Å². The van der Waals surface area contributed by atoms with Crippen molar-refractivity contribution in [1.82, 2.24) is 4.90 Å². The van der Waals surface area contributed by atoms with Crippen LogP contribution in [-0.2, 0) is 0 Å². The first-order valence-corrected chi connectivity index (χ1v) is 6.59. The SMILES string of the molecule is CC1(C)CCN(C(=O)c2cc(F)c(NN)c(F)c2)CC1. The maximum Gasteiger partial charge on any atom is 0.254 e. The largest absolute Gasteiger partial charge is 0.339 e. The van der Waals surface area contributed by atoms with Gasteiger partial charge in [-0.05, 0) is 30.4 Å². The molecule has 2 rings (SSSR count). The number of carbonyl (C=O) groups is 1. The van der Waals surface area contributed by atoms with E-state index in [4.69, 9.17) is 5.84 Å². The standard InChI is InChI=1S/C14H19F2N3O/c1-14(2)3-5-19(6-4-14)13(20)9-7-10(15)12(18-17)11(16)8-9/h7-8,18H,3-6,17H2,1-2H3. The van der Waals surface area contributed by atoms with Crippen molar-refractivity contribution >= 4 is 11.6 Å². The van der Waals surface area contributed by atoms with Crippen LogP contribution in [0.15, 0.2) is 12.1 Å². The molecule has 1 aliphatic rings. The predicted octanol–water partition coefficient (Wildman–Crippen LogP) is 2.51. The van der Waals surface area contributed by atoms with Crippen LogP contribution in [0.1, 0.15) is 37.0 Å². The number of carbonyl (C=O) groups excluding carboxylic acids is 1. The van der Waals surface area contributed by atoms with E-state index in [1.54, 1.807) is 4.90 Å². The lowest BCUT2D eigenvalue weighted by Gasteiger charge is -2.37. The number of amides is 1. The number of piperidine rings is 1. The van der Waals surface area contributed by atoms with Crippen LogP contribution in [0.25, 0.3) is 0 Å². The van der Waals surface area contributed by atoms with Crippen LogP contribution < -0.4 is 11.3 Å². The highest BCUT2D eigenvalue weighted by Gasteiger charge is 2.29. The van der Waals surface area contributed by atoms with E-state index in [1.165, 1.54) is 0 Å². The molecule has 0 bridgehead atoms. The van der Waals surface area contributed by atoms with E-state index in [0.717, 1.165) is 25.0 Å². The lowest BCUT2D eigenvalue weighted by molar-refractivity contribution is 0.0629. The van der Waals surface area contributed by atoms with E-state index in [0.29, 0.717) is 13.1 Å². The molecule has 0 atom stereocenters. The number of likely N-dealkylation sites (tertiary alicyclic amines) is 1. The highest BCUT2D eigenvalue weighted by atomic mass is 19.1. The van der Waals surface area contributed by atoms with E-state index in [2.05, 4.69) is 13.8 Å². The number of nitrogens with two attached hydrogens (primary N) is 1. The Labute approximate surface area is 116 Å². The van der Waals surface area contributed by atoms with Gasteiger partial charge in [0.15, 0.2) is 11.6 Å². The number of nitrogen functional groups attached to an aromatic ring is 1. The molecule has 0 spiro atoms. The number of hydrazine groups is 1. The second kappa shape index (κ2) is 5.36. The van der Waals surface area contributed by atoms with Gasteiger partial charge in [-0.1, -0.05) is 13.8 Å². The number of rotatable bonds is 2. The lowest BCUT2D eigenvalue weighted by atomic mass is 9.82. The molecular weight excluding hydrogens is 264 g/mol. The molecule has 1 aliphatic heterocycles. The summed E-state index contributed by atoms with van der Waals surface area (Å²) in [6.45, 7) is 5.50. The van der Waals surface area contributed by atoms with Crippen LogP contribution >= 0.6 is 0 Å². The van der Waals surface area contributed by atoms with Crippen LogP contribution in [0, 0.1) is 17.0 Å². The Morgan fingerprint density at radius 3 is 2.20 bits per heavy atom. The van der Waals surface area contributed by atoms with Gasteiger partial charge in [0.25, 0.3) is 5.91 Å². The summed E-state index contributed by atoms with van der Waals surface area (Å²) >= 11 is 0. The summed E-state index contributed by atoms with van der Waals surface area (Å²) in [6, 6.07) is 2.03. The van der Waals surface area contributed by atoms with Gasteiger partial charge >= 0.3 is 0 Å². The zero-order valence-corrected chi connectivity index (χ0v) is 11.7. The van der Waals surface area contributed by atoms with Gasteiger partial charge in [0.05, 0.1) is 0 Å². The average molecular weight is 283 g/mol. The van der Waals surface area contributed by atoms with Crippen molar-refractivity contribution < 1.29 is 13.6 Å². The second-order valence-electron chi connectivity index (χ2n) is 5.92. The zero-order valence-electron chi connectivity index (χ0n) is 11.7. The van der Waals surface area contributed by atoms with Gasteiger partial charge in [-0.15, -0.1) is 0 Å². The minimum absolute atomic E-state index is 0.0127. The van der Waals surface area contributed by atoms with Crippen molar-refractivity contribution in [3.63, 3.8) is 0 Å². The van der Waals surface area contributed by atoms with Crippen molar-refractivity contribution in [1.29, 1.82) is 0 Å². The van der Waals surface area contributed by atoms with Crippen molar-refractivity contribution in [2.75, 3.05) is 18.5 Å². The first kappa shape index (κ1) is 14.7. The minimum Gasteiger partial charge on any atom is -0.339 e. The number of nitrogens with one attached hydrogen (secondary N) is 1. The molecule has 0 radical (unpaired) electrons. The molecule has 6 heteroatoms. The monoisotopic (exact) mass is 283 g/mol. The molecule has 0 saturated carbocycles. The third kappa shape index (κ3) is 2.90. The fraction of sp³-hybridized carbons (Fsp3) is 0.500. The molecule has 1 fully saturated rings. The first-order chi connectivity index (χ1) is 9.34. The molecule has 1 saturated heterocycles. The van der Waals surface area contributed by atoms with Gasteiger partial charge in [0.2, 0.25) is 0 Å². The molecule has 1 aromatic carbocycles. The Balaban J connectivity index is 2.18. The summed E-state index contributed by atoms with van der Waals surface area (Å²) in [6.07, 6.45) is 1.76. The van der Waals surface area contributed by atoms with Gasteiger partial charge in [-0.25, -0.2) is 8.78 Å². The topological polar surface area (TPSA) is 58.4 Å². The quantitative estimate of drug-likeness (QED) is 0.647. The molecule has 110 valence electrons. The van der Waals surface area contributed by atoms with Gasteiger partial charge in [0, 0.05) is 18.7 Å². The molecule has 4 nitrogen and oxygen atoms in total. The highest BCUT2D eigenvalue weighted by Crippen LogP contribution is 2.30. The van der Waals surface area contributed by atoms with E-state index in [9.17, 15) is 13.6 Å². The van der Waals surface area contributed by atoms with Crippen LogP contribution in [0.3, 0.4) is 0 Å². The summed E-state index contributed by atoms with van der Waals surface area (Å²) in [4.78, 5) is 13.9. The van der Waals surface area contributed by atoms with Crippen LogP contribution in [0.4, 0.5) is 14.5 Å². The second-order valence-corrected chi connectivity index (χ2v) is 5.92. The summed E-state index contributed by atoms with van der Waals surface area (Å²) in [7, 11) is 0. The molecule has 1 amide bonds. The third-order valence-corrected chi connectivity index (χ3v) is 3.84. The van der Waals surface area contributed by atoms with E-state index < -0.39 is 17.3 Å². The maximum absolute atomic E-state index is 13.6. The molecule has 1 aromatic rings. The molecule has 0 unspecified atom stereocenters. The predicted molar refractivity (Wildman–Crippen MR) is 73.1 cm³/mol. The average Bonchev–Trinajstić information content (AvgIpc) is 2.37. The Bertz CT molecular complexity index is 498. The van der Waals surface area contributed by atoms with Crippen LogP contribution in [0.5, 0.6) is 0 Å². The molecule has 0 aromatic heterocycles. The molecule has 1 heterocycles. The normalized spacial score (nSPS) is 17.9. The summed E-state index contributed by atoms with van der Waals surface area (Å²) < 4.78 is 27.2. The van der Waals surface area contributed by atoms with E-state index in [-0.39, 0.29) is 16.9 Å². The van der Waals surface area contributed by atoms with Gasteiger partial charge in [-0.3, -0.25) is 10.6 Å². The summed E-state index contributed by atoms with van der Waals surface area (Å²) in [5, 5.41) is 0. The maximum atomic E-state index is 13.6. The fourth-order valence-electron chi connectivity index (χ4n) is 2.33. The van der Waals surface area contributed by atoms with Crippen molar-refractivity contribution in [3.05, 3.63) is 29.3 Å². The number of benzene rings is 1. The van der Waals surface area contributed by atoms with Crippen LogP contribution in [0.2, 0.25) is 0 Å². The van der Waals surface area contributed by atoms with Gasteiger partial charge in [0.1, 0.15) is 5.69 Å². The number of hydrogen-bond acceptors (Lipinski definition) is 3. The zero-order chi connectivity index (χ0) is 14.9. The molecule has 3 N–H and O–H groups in total. The van der Waals surface area contributed by atoms with E-state index >= 15 is 0 Å². The molecular formula is C14H19F2N3O. The fourth-order valence-corrected chi connectivity index (χ4v) is 2.33. The minimum atomic E-state index is -0.867. The van der Waals surface area contributed by atoms with Crippen molar-refractivity contribution in [3.8, 4) is 0 Å². The number of halogens is 2. The number of nitrogens with zero attached hydrogens (tertiary/aromatic N) is 1. The molecule has 20 heavy (non-hydrogen) atoms. The van der Waals surface area contributed by atoms with Gasteiger partial charge < -0.3 is 10.3 Å². The summed E-state index contributed by atoms with van der Waals surface area (Å²) in [5.74, 6) is 2.94. The Morgan fingerprint density at radius 1 is 1.25 bits per heavy atom. The smallest absolute Gasteiger partial charge is 0.254 e. The van der Waals surface area contributed by atoms with Gasteiger partial charge in [-0.2, -0.15) is 0 Å². The summed E-state index contributed by atoms with van der Waals surface area (Å²) in [5.41, 5.74) is 1.74. The van der Waals surface area contributed by atoms with Crippen LogP contribution in [-0.4, -0.2) is 23.9 Å². The van der Waals surface area contributed by atoms with Crippen molar-refractivity contribution in [2.24, 2.45) is 11.3 Å².